The Bertz CT molecular complexity index is 1010. The van der Waals surface area contributed by atoms with Crippen LogP contribution >= 0.6 is 0 Å². The molecule has 4 nitrogen and oxygen atoms in total. The van der Waals surface area contributed by atoms with E-state index < -0.39 is 0 Å². The largest absolute Gasteiger partial charge is 0.459 e. The second kappa shape index (κ2) is 11.1. The zero-order chi connectivity index (χ0) is 24.0. The third-order valence-electron chi connectivity index (χ3n) is 7.23. The first-order valence-corrected chi connectivity index (χ1v) is 12.5. The van der Waals surface area contributed by atoms with Crippen LogP contribution < -0.4 is 0 Å². The minimum absolute atomic E-state index is 0.0395. The minimum atomic E-state index is -0.0984. The smallest absolute Gasteiger partial charge is 0.290 e. The highest BCUT2D eigenvalue weighted by Gasteiger charge is 2.34. The van der Waals surface area contributed by atoms with Crippen LogP contribution in [-0.4, -0.2) is 29.6 Å². The molecular weight excluding hydrogens is 422 g/mol. The average molecular weight is 460 g/mol. The van der Waals surface area contributed by atoms with Gasteiger partial charge in [0.25, 0.3) is 5.91 Å². The third kappa shape index (κ3) is 6.18. The molecule has 0 N–H and O–H groups in total. The lowest BCUT2D eigenvalue weighted by molar-refractivity contribution is -0.0835. The van der Waals surface area contributed by atoms with Gasteiger partial charge in [-0.25, -0.2) is 0 Å². The number of ether oxygens (including phenoxy) is 1. The van der Waals surface area contributed by atoms with E-state index in [0.717, 1.165) is 37.9 Å². The first-order chi connectivity index (χ1) is 16.4. The zero-order valence-electron chi connectivity index (χ0n) is 20.7. The molecule has 3 atom stereocenters. The molecule has 1 aromatic heterocycles. The van der Waals surface area contributed by atoms with Gasteiger partial charge in [0.2, 0.25) is 0 Å². The Morgan fingerprint density at radius 1 is 1.03 bits per heavy atom. The summed E-state index contributed by atoms with van der Waals surface area (Å²) in [6.07, 6.45) is 5.65. The van der Waals surface area contributed by atoms with Gasteiger partial charge in [-0.2, -0.15) is 0 Å². The average Bonchev–Trinajstić information content (AvgIpc) is 3.39. The van der Waals surface area contributed by atoms with Crippen LogP contribution in [0.2, 0.25) is 0 Å². The van der Waals surface area contributed by atoms with Gasteiger partial charge in [0, 0.05) is 13.2 Å². The van der Waals surface area contributed by atoms with Gasteiger partial charge < -0.3 is 14.1 Å². The number of nitrogens with zero attached hydrogens (tertiary/aromatic N) is 1. The minimum Gasteiger partial charge on any atom is -0.459 e. The summed E-state index contributed by atoms with van der Waals surface area (Å²) < 4.78 is 11.5. The van der Waals surface area contributed by atoms with E-state index in [-0.39, 0.29) is 17.6 Å². The molecule has 0 aliphatic carbocycles. The van der Waals surface area contributed by atoms with E-state index in [4.69, 9.17) is 9.15 Å². The summed E-state index contributed by atoms with van der Waals surface area (Å²) in [5, 5.41) is 0. The van der Waals surface area contributed by atoms with E-state index >= 15 is 0 Å². The second-order valence-corrected chi connectivity index (χ2v) is 10.2. The predicted octanol–water partition coefficient (Wildman–Crippen LogP) is 6.94. The van der Waals surface area contributed by atoms with Crippen molar-refractivity contribution in [2.75, 3.05) is 13.2 Å². The lowest BCUT2D eigenvalue weighted by Gasteiger charge is -2.40. The Morgan fingerprint density at radius 3 is 2.38 bits per heavy atom. The van der Waals surface area contributed by atoms with Gasteiger partial charge in [-0.1, -0.05) is 60.7 Å². The summed E-state index contributed by atoms with van der Waals surface area (Å²) in [5.74, 6) is 1.39. The topological polar surface area (TPSA) is 42.7 Å². The number of furan rings is 1. The van der Waals surface area contributed by atoms with Crippen molar-refractivity contribution in [3.8, 4) is 0 Å². The standard InChI is InChI=1S/C30H37NO3/c1-23(25-13-8-5-9-14-25)31(29(32)28-15-10-19-33-28)18-16-26(21-24-11-6-4-7-12-24)27-17-20-34-30(2,3)22-27/h4-15,19,23,26-27H,16-18,20-22H2,1-3H3/t23-,26-,27+/m0/s1. The maximum Gasteiger partial charge on any atom is 0.290 e. The zero-order valence-corrected chi connectivity index (χ0v) is 20.7. The summed E-state index contributed by atoms with van der Waals surface area (Å²) in [7, 11) is 0. The van der Waals surface area contributed by atoms with Gasteiger partial charge in [0.05, 0.1) is 17.9 Å². The van der Waals surface area contributed by atoms with Crippen LogP contribution in [0.3, 0.4) is 0 Å². The quantitative estimate of drug-likeness (QED) is 0.348. The van der Waals surface area contributed by atoms with Gasteiger partial charge in [-0.3, -0.25) is 4.79 Å². The number of benzene rings is 2. The lowest BCUT2D eigenvalue weighted by Crippen LogP contribution is -2.39. The van der Waals surface area contributed by atoms with Crippen molar-refractivity contribution in [2.24, 2.45) is 11.8 Å². The van der Waals surface area contributed by atoms with Crippen LogP contribution in [0.15, 0.2) is 83.5 Å². The Kier molecular flexibility index (Phi) is 7.89. The van der Waals surface area contributed by atoms with E-state index in [1.165, 1.54) is 5.56 Å². The molecule has 3 aromatic rings. The SMILES string of the molecule is C[C@@H](c1ccccc1)N(CC[C@@H](Cc1ccccc1)[C@@H]1CCOC(C)(C)C1)C(=O)c1ccco1. The molecule has 1 aliphatic heterocycles. The summed E-state index contributed by atoms with van der Waals surface area (Å²) in [4.78, 5) is 15.5. The molecule has 2 aromatic carbocycles. The van der Waals surface area contributed by atoms with Gasteiger partial charge in [0.15, 0.2) is 5.76 Å². The van der Waals surface area contributed by atoms with Crippen molar-refractivity contribution in [3.63, 3.8) is 0 Å². The molecule has 1 saturated heterocycles. The molecule has 34 heavy (non-hydrogen) atoms. The summed E-state index contributed by atoms with van der Waals surface area (Å²) in [6, 6.07) is 24.5. The fourth-order valence-corrected chi connectivity index (χ4v) is 5.33. The Morgan fingerprint density at radius 2 is 1.74 bits per heavy atom. The number of rotatable bonds is 9. The van der Waals surface area contributed by atoms with Gasteiger partial charge in [-0.05, 0) is 81.5 Å². The maximum atomic E-state index is 13.5. The number of hydrogen-bond acceptors (Lipinski definition) is 3. The van der Waals surface area contributed by atoms with Gasteiger partial charge in [-0.15, -0.1) is 0 Å². The number of carbonyl (C=O) groups is 1. The molecule has 4 heteroatoms. The predicted molar refractivity (Wildman–Crippen MR) is 136 cm³/mol. The van der Waals surface area contributed by atoms with E-state index in [2.05, 4.69) is 63.2 Å². The van der Waals surface area contributed by atoms with E-state index in [0.29, 0.717) is 24.1 Å². The summed E-state index contributed by atoms with van der Waals surface area (Å²) in [6.45, 7) is 8.00. The Hall–Kier alpha value is -2.85. The van der Waals surface area contributed by atoms with Gasteiger partial charge >= 0.3 is 0 Å². The monoisotopic (exact) mass is 459 g/mol. The fraction of sp³-hybridized carbons (Fsp3) is 0.433. The first kappa shape index (κ1) is 24.3. The highest BCUT2D eigenvalue weighted by atomic mass is 16.5. The van der Waals surface area contributed by atoms with Crippen molar-refractivity contribution in [2.45, 2.75) is 58.1 Å². The lowest BCUT2D eigenvalue weighted by atomic mass is 9.75. The maximum absolute atomic E-state index is 13.5. The molecule has 0 radical (unpaired) electrons. The molecule has 0 spiro atoms. The molecule has 180 valence electrons. The second-order valence-electron chi connectivity index (χ2n) is 10.2. The fourth-order valence-electron chi connectivity index (χ4n) is 5.33. The van der Waals surface area contributed by atoms with E-state index in [1.807, 2.05) is 23.1 Å². The molecule has 1 amide bonds. The molecule has 4 rings (SSSR count). The molecule has 0 unspecified atom stereocenters. The van der Waals surface area contributed by atoms with Crippen LogP contribution in [-0.2, 0) is 11.2 Å². The third-order valence-corrected chi connectivity index (χ3v) is 7.23. The number of amides is 1. The highest BCUT2D eigenvalue weighted by molar-refractivity contribution is 5.91. The van der Waals surface area contributed by atoms with Crippen molar-refractivity contribution in [1.29, 1.82) is 0 Å². The molecule has 2 heterocycles. The first-order valence-electron chi connectivity index (χ1n) is 12.5. The van der Waals surface area contributed by atoms with Crippen molar-refractivity contribution >= 4 is 5.91 Å². The van der Waals surface area contributed by atoms with Gasteiger partial charge in [0.1, 0.15) is 0 Å². The molecule has 0 saturated carbocycles. The van der Waals surface area contributed by atoms with Crippen molar-refractivity contribution in [3.05, 3.63) is 95.9 Å². The van der Waals surface area contributed by atoms with Crippen molar-refractivity contribution < 1.29 is 13.9 Å². The summed E-state index contributed by atoms with van der Waals surface area (Å²) in [5.41, 5.74) is 2.39. The number of carbonyl (C=O) groups excluding carboxylic acids is 1. The van der Waals surface area contributed by atoms with Crippen LogP contribution in [0.1, 0.15) is 67.8 Å². The normalized spacial score (nSPS) is 19.3. The van der Waals surface area contributed by atoms with Crippen LogP contribution in [0.5, 0.6) is 0 Å². The Labute approximate surface area is 203 Å². The van der Waals surface area contributed by atoms with Crippen LogP contribution in [0.4, 0.5) is 0 Å². The van der Waals surface area contributed by atoms with Crippen LogP contribution in [0, 0.1) is 11.8 Å². The molecule has 1 fully saturated rings. The molecular formula is C30H37NO3. The summed E-state index contributed by atoms with van der Waals surface area (Å²) >= 11 is 0. The Balaban J connectivity index is 1.56. The van der Waals surface area contributed by atoms with E-state index in [9.17, 15) is 4.79 Å². The molecule has 1 aliphatic rings. The highest BCUT2D eigenvalue weighted by Crippen LogP contribution is 2.37. The molecule has 0 bridgehead atoms. The number of hydrogen-bond donors (Lipinski definition) is 0. The van der Waals surface area contributed by atoms with Crippen LogP contribution in [0.25, 0.3) is 0 Å². The van der Waals surface area contributed by atoms with Crippen molar-refractivity contribution in [1.82, 2.24) is 4.90 Å². The van der Waals surface area contributed by atoms with E-state index in [1.54, 1.807) is 18.4 Å².